The molecule has 1 atom stereocenters. The van der Waals surface area contributed by atoms with Gasteiger partial charge < -0.3 is 14.7 Å². The monoisotopic (exact) mass is 287 g/mol. The van der Waals surface area contributed by atoms with Gasteiger partial charge in [0.05, 0.1) is 6.10 Å². The summed E-state index contributed by atoms with van der Waals surface area (Å²) in [5, 5.41) is 9.82. The molecule has 0 aromatic carbocycles. The summed E-state index contributed by atoms with van der Waals surface area (Å²) in [7, 11) is 0. The smallest absolute Gasteiger partial charge is 0.306 e. The number of carbonyl (C=O) groups is 2. The first kappa shape index (κ1) is 18.9. The maximum atomic E-state index is 11.5. The summed E-state index contributed by atoms with van der Waals surface area (Å²) in [6.45, 7) is 8.77. The van der Waals surface area contributed by atoms with Crippen molar-refractivity contribution in [2.75, 3.05) is 13.1 Å². The summed E-state index contributed by atoms with van der Waals surface area (Å²) in [5.41, 5.74) is -0.490. The molecule has 1 amide bonds. The summed E-state index contributed by atoms with van der Waals surface area (Å²) in [5.74, 6) is -0.297. The molecule has 0 heterocycles. The molecule has 1 N–H and O–H groups in total. The predicted molar refractivity (Wildman–Crippen MR) is 78.2 cm³/mol. The fraction of sp³-hybridized carbons (Fsp3) is 0.867. The average molecular weight is 287 g/mol. The minimum Gasteiger partial charge on any atom is -0.460 e. The van der Waals surface area contributed by atoms with Gasteiger partial charge in [-0.1, -0.05) is 13.3 Å². The van der Waals surface area contributed by atoms with Gasteiger partial charge in [0.2, 0.25) is 6.41 Å². The second kappa shape index (κ2) is 9.75. The second-order valence-corrected chi connectivity index (χ2v) is 6.06. The second-order valence-electron chi connectivity index (χ2n) is 6.06. The van der Waals surface area contributed by atoms with Gasteiger partial charge >= 0.3 is 5.97 Å². The zero-order chi connectivity index (χ0) is 15.6. The molecule has 20 heavy (non-hydrogen) atoms. The number of nitrogens with zero attached hydrogens (tertiary/aromatic N) is 1. The lowest BCUT2D eigenvalue weighted by atomic mass is 10.1. The Morgan fingerprint density at radius 3 is 2.45 bits per heavy atom. The normalized spacial score (nSPS) is 12.8. The standard InChI is InChI=1S/C15H29NO4/c1-5-6-10-16(12-17)11-9-13(18)7-8-14(19)20-15(2,3)4/h12-13,18H,5-11H2,1-4H3. The molecule has 1 unspecified atom stereocenters. The van der Waals surface area contributed by atoms with E-state index in [-0.39, 0.29) is 12.4 Å². The van der Waals surface area contributed by atoms with Crippen LogP contribution in [0.3, 0.4) is 0 Å². The Hall–Kier alpha value is -1.10. The molecule has 0 radical (unpaired) electrons. The van der Waals surface area contributed by atoms with Crippen molar-refractivity contribution in [3.63, 3.8) is 0 Å². The molecule has 0 aliphatic rings. The Morgan fingerprint density at radius 2 is 1.95 bits per heavy atom. The van der Waals surface area contributed by atoms with Gasteiger partial charge in [-0.2, -0.15) is 0 Å². The highest BCUT2D eigenvalue weighted by Gasteiger charge is 2.17. The predicted octanol–water partition coefficient (Wildman–Crippen LogP) is 2.12. The summed E-state index contributed by atoms with van der Waals surface area (Å²) < 4.78 is 5.17. The van der Waals surface area contributed by atoms with Crippen LogP contribution in [0.25, 0.3) is 0 Å². The molecule has 0 saturated heterocycles. The first-order chi connectivity index (χ1) is 9.28. The number of carbonyl (C=O) groups excluding carboxylic acids is 2. The lowest BCUT2D eigenvalue weighted by Gasteiger charge is -2.21. The molecule has 0 saturated carbocycles. The molecule has 5 heteroatoms. The van der Waals surface area contributed by atoms with Gasteiger partial charge in [-0.15, -0.1) is 0 Å². The van der Waals surface area contributed by atoms with Crippen molar-refractivity contribution in [3.8, 4) is 0 Å². The third-order valence-electron chi connectivity index (χ3n) is 2.80. The molecular formula is C15H29NO4. The Bertz CT molecular complexity index is 286. The van der Waals surface area contributed by atoms with E-state index in [1.54, 1.807) is 4.90 Å². The number of unbranched alkanes of at least 4 members (excludes halogenated alkanes) is 1. The number of esters is 1. The third kappa shape index (κ3) is 10.8. The van der Waals surface area contributed by atoms with Gasteiger partial charge in [0.1, 0.15) is 5.60 Å². The summed E-state index contributed by atoms with van der Waals surface area (Å²) in [6.07, 6.45) is 3.30. The minimum absolute atomic E-state index is 0.203. The average Bonchev–Trinajstić information content (AvgIpc) is 2.34. The Labute approximate surface area is 122 Å². The lowest BCUT2D eigenvalue weighted by molar-refractivity contribution is -0.155. The van der Waals surface area contributed by atoms with Crippen LogP contribution < -0.4 is 0 Å². The van der Waals surface area contributed by atoms with Crippen LogP contribution in [0.1, 0.15) is 59.8 Å². The van der Waals surface area contributed by atoms with Crippen LogP contribution in [0.2, 0.25) is 0 Å². The maximum Gasteiger partial charge on any atom is 0.306 e. The Morgan fingerprint density at radius 1 is 1.30 bits per heavy atom. The van der Waals surface area contributed by atoms with E-state index in [1.807, 2.05) is 20.8 Å². The van der Waals surface area contributed by atoms with Gasteiger partial charge in [0.25, 0.3) is 0 Å². The topological polar surface area (TPSA) is 66.8 Å². The van der Waals surface area contributed by atoms with Crippen LogP contribution >= 0.6 is 0 Å². The number of ether oxygens (including phenoxy) is 1. The molecule has 118 valence electrons. The van der Waals surface area contributed by atoms with Crippen LogP contribution in [0.4, 0.5) is 0 Å². The summed E-state index contributed by atoms with van der Waals surface area (Å²) in [4.78, 5) is 24.0. The molecule has 0 aliphatic carbocycles. The molecule has 0 aliphatic heterocycles. The van der Waals surface area contributed by atoms with E-state index in [0.717, 1.165) is 25.8 Å². The number of rotatable bonds is 10. The zero-order valence-corrected chi connectivity index (χ0v) is 13.2. The molecule has 0 spiro atoms. The van der Waals surface area contributed by atoms with Crippen molar-refractivity contribution in [2.24, 2.45) is 0 Å². The van der Waals surface area contributed by atoms with Crippen LogP contribution in [0, 0.1) is 0 Å². The van der Waals surface area contributed by atoms with Crippen molar-refractivity contribution in [2.45, 2.75) is 71.5 Å². The fourth-order valence-electron chi connectivity index (χ4n) is 1.71. The first-order valence-electron chi connectivity index (χ1n) is 7.37. The van der Waals surface area contributed by atoms with Crippen molar-refractivity contribution in [1.82, 2.24) is 4.90 Å². The van der Waals surface area contributed by atoms with Crippen molar-refractivity contribution in [3.05, 3.63) is 0 Å². The van der Waals surface area contributed by atoms with Gasteiger partial charge in [-0.3, -0.25) is 9.59 Å². The SMILES string of the molecule is CCCCN(C=O)CCC(O)CCC(=O)OC(C)(C)C. The van der Waals surface area contributed by atoms with E-state index < -0.39 is 11.7 Å². The van der Waals surface area contributed by atoms with E-state index >= 15 is 0 Å². The van der Waals surface area contributed by atoms with Crippen LogP contribution in [-0.4, -0.2) is 47.2 Å². The number of aliphatic hydroxyl groups excluding tert-OH is 1. The van der Waals surface area contributed by atoms with Crippen LogP contribution in [-0.2, 0) is 14.3 Å². The summed E-state index contributed by atoms with van der Waals surface area (Å²) >= 11 is 0. The van der Waals surface area contributed by atoms with E-state index in [2.05, 4.69) is 6.92 Å². The molecule has 0 aromatic heterocycles. The summed E-state index contributed by atoms with van der Waals surface area (Å²) in [6, 6.07) is 0. The van der Waals surface area contributed by atoms with Crippen molar-refractivity contribution < 1.29 is 19.4 Å². The van der Waals surface area contributed by atoms with Gasteiger partial charge in [0.15, 0.2) is 0 Å². The minimum atomic E-state index is -0.577. The highest BCUT2D eigenvalue weighted by molar-refractivity contribution is 5.69. The molecule has 0 aromatic rings. The van der Waals surface area contributed by atoms with Gasteiger partial charge in [0, 0.05) is 19.5 Å². The first-order valence-corrected chi connectivity index (χ1v) is 7.37. The van der Waals surface area contributed by atoms with E-state index in [1.165, 1.54) is 0 Å². The Kier molecular flexibility index (Phi) is 9.21. The van der Waals surface area contributed by atoms with Crippen molar-refractivity contribution in [1.29, 1.82) is 0 Å². The van der Waals surface area contributed by atoms with Crippen molar-refractivity contribution >= 4 is 12.4 Å². The highest BCUT2D eigenvalue weighted by atomic mass is 16.6. The molecule has 0 fully saturated rings. The molecule has 0 bridgehead atoms. The van der Waals surface area contributed by atoms with Crippen LogP contribution in [0.15, 0.2) is 0 Å². The number of hydrogen-bond acceptors (Lipinski definition) is 4. The fourth-order valence-corrected chi connectivity index (χ4v) is 1.71. The zero-order valence-electron chi connectivity index (χ0n) is 13.2. The Balaban J connectivity index is 3.84. The lowest BCUT2D eigenvalue weighted by Crippen LogP contribution is -2.28. The number of hydrogen-bond donors (Lipinski definition) is 1. The maximum absolute atomic E-state index is 11.5. The number of aliphatic hydroxyl groups is 1. The molecule has 0 rings (SSSR count). The van der Waals surface area contributed by atoms with Crippen LogP contribution in [0.5, 0.6) is 0 Å². The van der Waals surface area contributed by atoms with Gasteiger partial charge in [-0.05, 0) is 40.0 Å². The third-order valence-corrected chi connectivity index (χ3v) is 2.80. The number of amides is 1. The molecular weight excluding hydrogens is 258 g/mol. The van der Waals surface area contributed by atoms with E-state index in [0.29, 0.717) is 19.4 Å². The quantitative estimate of drug-likeness (QED) is 0.493. The highest BCUT2D eigenvalue weighted by Crippen LogP contribution is 2.11. The van der Waals surface area contributed by atoms with E-state index in [4.69, 9.17) is 4.74 Å². The largest absolute Gasteiger partial charge is 0.460 e. The molecule has 5 nitrogen and oxygen atoms in total. The van der Waals surface area contributed by atoms with Gasteiger partial charge in [-0.25, -0.2) is 0 Å². The van der Waals surface area contributed by atoms with E-state index in [9.17, 15) is 14.7 Å².